The summed E-state index contributed by atoms with van der Waals surface area (Å²) in [4.78, 5) is 24.1. The Bertz CT molecular complexity index is 574. The van der Waals surface area contributed by atoms with Gasteiger partial charge in [0.15, 0.2) is 10.9 Å². The topological polar surface area (TPSA) is 91.6 Å². The molecule has 0 radical (unpaired) electrons. The number of aromatic nitrogens is 3. The fourth-order valence-electron chi connectivity index (χ4n) is 1.47. The van der Waals surface area contributed by atoms with Gasteiger partial charge < -0.3 is 5.32 Å². The summed E-state index contributed by atoms with van der Waals surface area (Å²) < 4.78 is 0. The van der Waals surface area contributed by atoms with Crippen LogP contribution in [0.1, 0.15) is 18.7 Å². The molecule has 1 aromatic rings. The number of thioether (sulfide) groups is 1. The van der Waals surface area contributed by atoms with Crippen LogP contribution < -0.4 is 5.32 Å². The maximum Gasteiger partial charge on any atom is 0.231 e. The first-order chi connectivity index (χ1) is 9.13. The quantitative estimate of drug-likeness (QED) is 0.496. The van der Waals surface area contributed by atoms with Gasteiger partial charge in [0.05, 0.1) is 0 Å². The molecule has 19 heavy (non-hydrogen) atoms. The van der Waals surface area contributed by atoms with Gasteiger partial charge in [0, 0.05) is 12.1 Å². The summed E-state index contributed by atoms with van der Waals surface area (Å²) in [5.41, 5.74) is 0.117. The smallest absolute Gasteiger partial charge is 0.231 e. The first-order valence-electron chi connectivity index (χ1n) is 5.81. The Morgan fingerprint density at radius 2 is 2.21 bits per heavy atom. The molecular formula is C12H13N5OS. The van der Waals surface area contributed by atoms with Gasteiger partial charge in [0.25, 0.3) is 0 Å². The van der Waals surface area contributed by atoms with E-state index in [1.54, 1.807) is 6.92 Å². The second kappa shape index (κ2) is 5.80. The molecule has 0 bridgehead atoms. The molecule has 1 aliphatic carbocycles. The highest BCUT2D eigenvalue weighted by Crippen LogP contribution is 2.32. The average Bonchev–Trinajstić information content (AvgIpc) is 3.22. The number of carbonyl (C=O) groups is 1. The number of ketones is 1. The zero-order valence-electron chi connectivity index (χ0n) is 10.7. The summed E-state index contributed by atoms with van der Waals surface area (Å²) in [6.45, 7) is 1.76. The second-order valence-corrected chi connectivity index (χ2v) is 4.92. The van der Waals surface area contributed by atoms with E-state index >= 15 is 0 Å². The second-order valence-electron chi connectivity index (χ2n) is 4.15. The maximum absolute atomic E-state index is 11.8. The summed E-state index contributed by atoms with van der Waals surface area (Å²) in [7, 11) is 0. The van der Waals surface area contributed by atoms with Crippen molar-refractivity contribution in [1.29, 1.82) is 5.26 Å². The van der Waals surface area contributed by atoms with Crippen LogP contribution in [0.25, 0.3) is 0 Å². The Hall–Kier alpha value is -1.94. The Morgan fingerprint density at radius 1 is 1.47 bits per heavy atom. The number of nitrogens with one attached hydrogen (secondary N) is 1. The van der Waals surface area contributed by atoms with Gasteiger partial charge in [-0.1, -0.05) is 11.8 Å². The molecule has 1 fully saturated rings. The van der Waals surface area contributed by atoms with E-state index in [-0.39, 0.29) is 17.3 Å². The molecular weight excluding hydrogens is 262 g/mol. The third kappa shape index (κ3) is 3.51. The number of aryl methyl sites for hydroxylation is 1. The number of carbonyl (C=O) groups excluding carboxylic acids is 1. The zero-order valence-corrected chi connectivity index (χ0v) is 11.5. The van der Waals surface area contributed by atoms with E-state index in [2.05, 4.69) is 20.3 Å². The van der Waals surface area contributed by atoms with Crippen molar-refractivity contribution in [2.24, 2.45) is 5.92 Å². The molecule has 1 aliphatic rings. The van der Waals surface area contributed by atoms with Gasteiger partial charge in [-0.15, -0.1) is 0 Å². The number of allylic oxidation sites excluding steroid dienone is 1. The minimum Gasteiger partial charge on any atom is -0.329 e. The van der Waals surface area contributed by atoms with Gasteiger partial charge in [0.2, 0.25) is 5.95 Å². The molecule has 0 aliphatic heterocycles. The molecule has 1 N–H and O–H groups in total. The summed E-state index contributed by atoms with van der Waals surface area (Å²) in [6, 6.07) is 1.91. The predicted molar refractivity (Wildman–Crippen MR) is 71.4 cm³/mol. The predicted octanol–water partition coefficient (Wildman–Crippen LogP) is 1.70. The van der Waals surface area contributed by atoms with Gasteiger partial charge in [-0.25, -0.2) is 4.98 Å². The molecule has 0 saturated heterocycles. The van der Waals surface area contributed by atoms with Crippen LogP contribution in [0.5, 0.6) is 0 Å². The van der Waals surface area contributed by atoms with Crippen LogP contribution in [-0.2, 0) is 4.79 Å². The molecule has 0 unspecified atom stereocenters. The van der Waals surface area contributed by atoms with Crippen molar-refractivity contribution >= 4 is 23.5 Å². The summed E-state index contributed by atoms with van der Waals surface area (Å²) in [5.74, 6) is 0.843. The minimum atomic E-state index is -0.106. The van der Waals surface area contributed by atoms with E-state index in [1.807, 2.05) is 12.3 Å². The maximum atomic E-state index is 11.8. The largest absolute Gasteiger partial charge is 0.329 e. The van der Waals surface area contributed by atoms with Crippen molar-refractivity contribution < 1.29 is 4.79 Å². The van der Waals surface area contributed by atoms with E-state index in [1.165, 1.54) is 18.0 Å². The van der Waals surface area contributed by atoms with Crippen LogP contribution in [0.3, 0.4) is 0 Å². The van der Waals surface area contributed by atoms with E-state index in [0.29, 0.717) is 16.9 Å². The molecule has 6 nitrogen and oxygen atoms in total. The molecule has 1 heterocycles. The normalized spacial score (nSPS) is 14.9. The van der Waals surface area contributed by atoms with Gasteiger partial charge in [-0.2, -0.15) is 15.2 Å². The summed E-state index contributed by atoms with van der Waals surface area (Å²) in [5, 5.41) is 12.4. The lowest BCUT2D eigenvalue weighted by atomic mass is 10.1. The fraction of sp³-hybridized carbons (Fsp3) is 0.417. The molecule has 1 aromatic heterocycles. The summed E-state index contributed by atoms with van der Waals surface area (Å²) >= 11 is 1.40. The Labute approximate surface area is 115 Å². The van der Waals surface area contributed by atoms with Crippen molar-refractivity contribution in [2.75, 3.05) is 11.6 Å². The number of rotatable bonds is 5. The molecule has 98 valence electrons. The zero-order chi connectivity index (χ0) is 13.8. The highest BCUT2D eigenvalue weighted by atomic mass is 32.2. The number of anilines is 1. The van der Waals surface area contributed by atoms with Crippen molar-refractivity contribution in [3.63, 3.8) is 0 Å². The van der Waals surface area contributed by atoms with Gasteiger partial charge >= 0.3 is 0 Å². The average molecular weight is 275 g/mol. The molecule has 0 atom stereocenters. The van der Waals surface area contributed by atoms with E-state index in [9.17, 15) is 4.79 Å². The Morgan fingerprint density at radius 3 is 2.79 bits per heavy atom. The van der Waals surface area contributed by atoms with Crippen LogP contribution in [-0.4, -0.2) is 27.0 Å². The number of hydrogen-bond donors (Lipinski definition) is 1. The Balaban J connectivity index is 2.13. The molecule has 0 amide bonds. The molecule has 1 saturated carbocycles. The highest BCUT2D eigenvalue weighted by Gasteiger charge is 2.31. The fourth-order valence-corrected chi connectivity index (χ4v) is 1.87. The number of Topliss-reactive ketones (excluding diaryl/α,β-unsaturated/α-hetero) is 1. The SMILES string of the molecule is CSc1nc(C)nc(N/C=C(\C#N)C(=O)C2CC2)n1. The monoisotopic (exact) mass is 275 g/mol. The molecule has 2 rings (SSSR count). The lowest BCUT2D eigenvalue weighted by molar-refractivity contribution is -0.116. The molecule has 0 spiro atoms. The van der Waals surface area contributed by atoms with E-state index < -0.39 is 0 Å². The highest BCUT2D eigenvalue weighted by molar-refractivity contribution is 7.98. The first-order valence-corrected chi connectivity index (χ1v) is 7.04. The van der Waals surface area contributed by atoms with Crippen molar-refractivity contribution in [3.05, 3.63) is 17.6 Å². The van der Waals surface area contributed by atoms with Crippen LogP contribution in [0.15, 0.2) is 16.9 Å². The third-order valence-electron chi connectivity index (χ3n) is 2.59. The van der Waals surface area contributed by atoms with Gasteiger partial charge in [0.1, 0.15) is 17.5 Å². The molecule has 0 aromatic carbocycles. The number of nitrogens with zero attached hydrogens (tertiary/aromatic N) is 4. The summed E-state index contributed by atoms with van der Waals surface area (Å²) in [6.07, 6.45) is 4.99. The minimum absolute atomic E-state index is 0.0227. The van der Waals surface area contributed by atoms with Crippen LogP contribution in [0, 0.1) is 24.2 Å². The first kappa shape index (κ1) is 13.5. The van der Waals surface area contributed by atoms with Crippen LogP contribution in [0.2, 0.25) is 0 Å². The van der Waals surface area contributed by atoms with E-state index in [4.69, 9.17) is 5.26 Å². The van der Waals surface area contributed by atoms with Crippen molar-refractivity contribution in [3.8, 4) is 6.07 Å². The lowest BCUT2D eigenvalue weighted by Gasteiger charge is -2.03. The van der Waals surface area contributed by atoms with Gasteiger partial charge in [-0.05, 0) is 26.0 Å². The standard InChI is InChI=1S/C12H13N5OS/c1-7-15-11(17-12(16-7)19-2)14-6-9(5-13)10(18)8-3-4-8/h6,8H,3-4H2,1-2H3,(H,14,15,16,17)/b9-6+. The Kier molecular flexibility index (Phi) is 4.12. The number of nitriles is 1. The molecule has 7 heteroatoms. The van der Waals surface area contributed by atoms with Crippen molar-refractivity contribution in [1.82, 2.24) is 15.0 Å². The lowest BCUT2D eigenvalue weighted by Crippen LogP contribution is -2.07. The van der Waals surface area contributed by atoms with Gasteiger partial charge in [-0.3, -0.25) is 4.79 Å². The third-order valence-corrected chi connectivity index (χ3v) is 3.14. The van der Waals surface area contributed by atoms with Crippen molar-refractivity contribution in [2.45, 2.75) is 24.9 Å². The van der Waals surface area contributed by atoms with Crippen LogP contribution in [0.4, 0.5) is 5.95 Å². The van der Waals surface area contributed by atoms with E-state index in [0.717, 1.165) is 12.8 Å². The van der Waals surface area contributed by atoms with Crippen LogP contribution >= 0.6 is 11.8 Å². The number of hydrogen-bond acceptors (Lipinski definition) is 7.